The van der Waals surface area contributed by atoms with Crippen molar-refractivity contribution >= 4 is 21.6 Å². The van der Waals surface area contributed by atoms with Crippen molar-refractivity contribution in [1.82, 2.24) is 4.72 Å². The second-order valence-electron chi connectivity index (χ2n) is 5.21. The summed E-state index contributed by atoms with van der Waals surface area (Å²) >= 11 is 6.04. The molecule has 1 aromatic rings. The smallest absolute Gasteiger partial charge is 0.240 e. The molecular formula is C15H25ClN2O2S. The zero-order chi connectivity index (χ0) is 15.9. The lowest BCUT2D eigenvalue weighted by atomic mass is 10.1. The predicted octanol–water partition coefficient (Wildman–Crippen LogP) is 3.44. The molecule has 0 bridgehead atoms. The van der Waals surface area contributed by atoms with Crippen molar-refractivity contribution in [2.45, 2.75) is 63.4 Å². The first-order chi connectivity index (χ1) is 9.94. The molecule has 0 amide bonds. The van der Waals surface area contributed by atoms with Gasteiger partial charge in [-0.3, -0.25) is 0 Å². The van der Waals surface area contributed by atoms with Gasteiger partial charge in [0, 0.05) is 17.6 Å². The van der Waals surface area contributed by atoms with Crippen molar-refractivity contribution in [3.05, 3.63) is 28.8 Å². The Labute approximate surface area is 133 Å². The summed E-state index contributed by atoms with van der Waals surface area (Å²) in [7, 11) is -3.53. The van der Waals surface area contributed by atoms with E-state index in [0.717, 1.165) is 37.7 Å². The highest BCUT2D eigenvalue weighted by Crippen LogP contribution is 2.21. The number of hydrogen-bond acceptors (Lipinski definition) is 3. The van der Waals surface area contributed by atoms with Gasteiger partial charge in [-0.1, -0.05) is 50.8 Å². The Hall–Kier alpha value is -0.620. The molecule has 0 aliphatic rings. The van der Waals surface area contributed by atoms with Crippen LogP contribution in [0.25, 0.3) is 0 Å². The third-order valence-electron chi connectivity index (χ3n) is 3.42. The van der Waals surface area contributed by atoms with Crippen LogP contribution < -0.4 is 10.5 Å². The van der Waals surface area contributed by atoms with Crippen LogP contribution in [0.1, 0.15) is 51.5 Å². The van der Waals surface area contributed by atoms with Crippen LogP contribution >= 0.6 is 11.6 Å². The highest BCUT2D eigenvalue weighted by atomic mass is 35.5. The summed E-state index contributed by atoms with van der Waals surface area (Å²) in [4.78, 5) is 0.197. The van der Waals surface area contributed by atoms with E-state index in [9.17, 15) is 8.42 Å². The molecule has 1 unspecified atom stereocenters. The van der Waals surface area contributed by atoms with Crippen LogP contribution in [0.4, 0.5) is 0 Å². The lowest BCUT2D eigenvalue weighted by molar-refractivity contribution is 0.483. The van der Waals surface area contributed by atoms with Gasteiger partial charge < -0.3 is 5.73 Å². The Kier molecular flexibility index (Phi) is 7.66. The van der Waals surface area contributed by atoms with Crippen LogP contribution in [0.15, 0.2) is 23.1 Å². The predicted molar refractivity (Wildman–Crippen MR) is 87.9 cm³/mol. The number of sulfonamides is 1. The van der Waals surface area contributed by atoms with Gasteiger partial charge in [0.25, 0.3) is 0 Å². The van der Waals surface area contributed by atoms with E-state index in [4.69, 9.17) is 17.3 Å². The van der Waals surface area contributed by atoms with Crippen molar-refractivity contribution in [3.63, 3.8) is 0 Å². The van der Waals surface area contributed by atoms with E-state index in [1.807, 2.05) is 0 Å². The molecule has 0 radical (unpaired) electrons. The number of nitrogens with one attached hydrogen (secondary N) is 1. The molecule has 0 aliphatic carbocycles. The first kappa shape index (κ1) is 18.4. The Morgan fingerprint density at radius 3 is 2.48 bits per heavy atom. The molecule has 1 rings (SSSR count). The van der Waals surface area contributed by atoms with Crippen molar-refractivity contribution in [3.8, 4) is 0 Å². The van der Waals surface area contributed by atoms with Crippen molar-refractivity contribution in [1.29, 1.82) is 0 Å². The van der Waals surface area contributed by atoms with Gasteiger partial charge >= 0.3 is 0 Å². The van der Waals surface area contributed by atoms with E-state index in [2.05, 4.69) is 18.6 Å². The average molecular weight is 333 g/mol. The van der Waals surface area contributed by atoms with Gasteiger partial charge in [-0.15, -0.1) is 0 Å². The average Bonchev–Trinajstić information content (AvgIpc) is 2.44. The maximum absolute atomic E-state index is 12.4. The van der Waals surface area contributed by atoms with Gasteiger partial charge in [0.05, 0.1) is 4.90 Å². The summed E-state index contributed by atoms with van der Waals surface area (Å²) in [5.74, 6) is 0. The lowest BCUT2D eigenvalue weighted by Gasteiger charge is -2.18. The molecule has 1 atom stereocenters. The first-order valence-corrected chi connectivity index (χ1v) is 9.31. The molecule has 3 N–H and O–H groups in total. The molecule has 4 nitrogen and oxygen atoms in total. The minimum Gasteiger partial charge on any atom is -0.326 e. The van der Waals surface area contributed by atoms with Gasteiger partial charge in [0.1, 0.15) is 0 Å². The number of unbranched alkanes of at least 4 members (excludes halogenated alkanes) is 1. The molecule has 120 valence electrons. The molecule has 21 heavy (non-hydrogen) atoms. The fourth-order valence-electron chi connectivity index (χ4n) is 2.21. The molecule has 0 fully saturated rings. The highest BCUT2D eigenvalue weighted by molar-refractivity contribution is 7.89. The van der Waals surface area contributed by atoms with Crippen molar-refractivity contribution < 1.29 is 8.42 Å². The van der Waals surface area contributed by atoms with E-state index in [0.29, 0.717) is 11.6 Å². The second-order valence-corrected chi connectivity index (χ2v) is 7.33. The largest absolute Gasteiger partial charge is 0.326 e. The summed E-state index contributed by atoms with van der Waals surface area (Å²) in [5, 5.41) is 0.390. The van der Waals surface area contributed by atoms with Crippen LogP contribution in [-0.4, -0.2) is 14.5 Å². The second kappa shape index (κ2) is 8.73. The summed E-state index contributed by atoms with van der Waals surface area (Å²) < 4.78 is 27.7. The van der Waals surface area contributed by atoms with Crippen molar-refractivity contribution in [2.75, 3.05) is 0 Å². The minimum absolute atomic E-state index is 0.0205. The Balaban J connectivity index is 2.90. The zero-order valence-electron chi connectivity index (χ0n) is 12.7. The maximum Gasteiger partial charge on any atom is 0.240 e. The van der Waals surface area contributed by atoms with Gasteiger partial charge in [0.15, 0.2) is 0 Å². The third kappa shape index (κ3) is 5.58. The van der Waals surface area contributed by atoms with Gasteiger partial charge in [0.2, 0.25) is 10.0 Å². The third-order valence-corrected chi connectivity index (χ3v) is 5.29. The first-order valence-electron chi connectivity index (χ1n) is 7.45. The van der Waals surface area contributed by atoms with Gasteiger partial charge in [-0.05, 0) is 30.5 Å². The van der Waals surface area contributed by atoms with Crippen molar-refractivity contribution in [2.24, 2.45) is 5.73 Å². The molecule has 0 aliphatic heterocycles. The van der Waals surface area contributed by atoms with E-state index < -0.39 is 10.0 Å². The fraction of sp³-hybridized carbons (Fsp3) is 0.600. The summed E-state index contributed by atoms with van der Waals surface area (Å²) in [6, 6.07) is 4.67. The molecule has 0 saturated heterocycles. The SMILES string of the molecule is CCCCC(CCC)NS(=O)(=O)c1ccc(CN)c(Cl)c1. The highest BCUT2D eigenvalue weighted by Gasteiger charge is 2.20. The normalized spacial score (nSPS) is 13.3. The summed E-state index contributed by atoms with van der Waals surface area (Å²) in [6.07, 6.45) is 4.72. The lowest BCUT2D eigenvalue weighted by Crippen LogP contribution is -2.34. The number of rotatable bonds is 9. The van der Waals surface area contributed by atoms with E-state index >= 15 is 0 Å². The van der Waals surface area contributed by atoms with Crippen LogP contribution in [0.3, 0.4) is 0 Å². The Morgan fingerprint density at radius 2 is 1.95 bits per heavy atom. The maximum atomic E-state index is 12.4. The van der Waals surface area contributed by atoms with E-state index in [1.165, 1.54) is 6.07 Å². The molecule has 6 heteroatoms. The Morgan fingerprint density at radius 1 is 1.24 bits per heavy atom. The molecule has 0 aromatic heterocycles. The fourth-order valence-corrected chi connectivity index (χ4v) is 3.86. The summed E-state index contributed by atoms with van der Waals surface area (Å²) in [6.45, 7) is 4.45. The summed E-state index contributed by atoms with van der Waals surface area (Å²) in [5.41, 5.74) is 6.28. The number of benzene rings is 1. The minimum atomic E-state index is -3.53. The number of nitrogens with two attached hydrogens (primary N) is 1. The van der Waals surface area contributed by atoms with Crippen LogP contribution in [0.2, 0.25) is 5.02 Å². The molecular weight excluding hydrogens is 308 g/mol. The van der Waals surface area contributed by atoms with Crippen LogP contribution in [0, 0.1) is 0 Å². The van der Waals surface area contributed by atoms with Crippen LogP contribution in [-0.2, 0) is 16.6 Å². The topological polar surface area (TPSA) is 72.2 Å². The monoisotopic (exact) mass is 332 g/mol. The molecule has 0 heterocycles. The zero-order valence-corrected chi connectivity index (χ0v) is 14.3. The Bertz CT molecular complexity index is 547. The number of hydrogen-bond donors (Lipinski definition) is 2. The molecule has 1 aromatic carbocycles. The standard InChI is InChI=1S/C15H25ClN2O2S/c1-3-5-7-13(6-4-2)18-21(19,20)14-9-8-12(11-17)15(16)10-14/h8-10,13,18H,3-7,11,17H2,1-2H3. The van der Waals surface area contributed by atoms with Gasteiger partial charge in [-0.2, -0.15) is 0 Å². The number of halogens is 1. The molecule has 0 saturated carbocycles. The molecule has 0 spiro atoms. The quantitative estimate of drug-likeness (QED) is 0.727. The van der Waals surface area contributed by atoms with E-state index in [1.54, 1.807) is 12.1 Å². The van der Waals surface area contributed by atoms with Gasteiger partial charge in [-0.25, -0.2) is 13.1 Å². The van der Waals surface area contributed by atoms with Crippen LogP contribution in [0.5, 0.6) is 0 Å². The van der Waals surface area contributed by atoms with E-state index in [-0.39, 0.29) is 10.9 Å².